The standard InChI is InChI=1S/C19H15F2N3O2/c1-2-11-17(12-4-3-5-13(20)16(12)21)24(19(26)18(11)25)10-6-7-14-15(8-10)23-9-22-14/h3-9,11,17H,2H2,1H3,(H,22,23). The summed E-state index contributed by atoms with van der Waals surface area (Å²) in [6, 6.07) is 7.95. The lowest BCUT2D eigenvalue weighted by atomic mass is 9.90. The summed E-state index contributed by atoms with van der Waals surface area (Å²) in [5, 5.41) is 0. The van der Waals surface area contributed by atoms with Crippen LogP contribution in [0.15, 0.2) is 42.7 Å². The molecule has 0 aliphatic carbocycles. The topological polar surface area (TPSA) is 66.1 Å². The van der Waals surface area contributed by atoms with Gasteiger partial charge in [0.1, 0.15) is 0 Å². The molecule has 2 atom stereocenters. The molecule has 2 unspecified atom stereocenters. The average molecular weight is 355 g/mol. The monoisotopic (exact) mass is 355 g/mol. The molecular formula is C19H15F2N3O2. The van der Waals surface area contributed by atoms with Crippen molar-refractivity contribution < 1.29 is 18.4 Å². The van der Waals surface area contributed by atoms with Gasteiger partial charge < -0.3 is 4.98 Å². The van der Waals surface area contributed by atoms with Crippen LogP contribution < -0.4 is 4.90 Å². The van der Waals surface area contributed by atoms with E-state index in [2.05, 4.69) is 9.97 Å². The maximum absolute atomic E-state index is 14.5. The molecule has 132 valence electrons. The van der Waals surface area contributed by atoms with E-state index in [0.717, 1.165) is 6.07 Å². The number of anilines is 1. The van der Waals surface area contributed by atoms with Gasteiger partial charge in [0.15, 0.2) is 11.6 Å². The Balaban J connectivity index is 1.90. The Morgan fingerprint density at radius 2 is 2.00 bits per heavy atom. The van der Waals surface area contributed by atoms with Crippen LogP contribution in [-0.2, 0) is 9.59 Å². The fraction of sp³-hybridized carbons (Fsp3) is 0.211. The molecule has 2 aromatic carbocycles. The number of hydrogen-bond acceptors (Lipinski definition) is 3. The van der Waals surface area contributed by atoms with E-state index in [1.54, 1.807) is 25.1 Å². The zero-order valence-electron chi connectivity index (χ0n) is 13.9. The summed E-state index contributed by atoms with van der Waals surface area (Å²) in [5.41, 5.74) is 1.82. The third-order valence-corrected chi connectivity index (χ3v) is 4.85. The first-order valence-corrected chi connectivity index (χ1v) is 8.27. The molecule has 4 rings (SSSR count). The second-order valence-corrected chi connectivity index (χ2v) is 6.25. The number of H-pyrrole nitrogens is 1. The average Bonchev–Trinajstić information content (AvgIpc) is 3.20. The molecule has 1 fully saturated rings. The highest BCUT2D eigenvalue weighted by Crippen LogP contribution is 2.42. The SMILES string of the molecule is CCC1C(=O)C(=O)N(c2ccc3nc[nH]c3c2)C1c1cccc(F)c1F. The minimum Gasteiger partial charge on any atom is -0.345 e. The van der Waals surface area contributed by atoms with E-state index >= 15 is 0 Å². The first-order chi connectivity index (χ1) is 12.5. The van der Waals surface area contributed by atoms with Gasteiger partial charge in [-0.05, 0) is 30.7 Å². The molecule has 5 nitrogen and oxygen atoms in total. The summed E-state index contributed by atoms with van der Waals surface area (Å²) in [6.45, 7) is 1.75. The van der Waals surface area contributed by atoms with Gasteiger partial charge >= 0.3 is 0 Å². The lowest BCUT2D eigenvalue weighted by Crippen LogP contribution is -2.30. The summed E-state index contributed by atoms with van der Waals surface area (Å²) in [6.07, 6.45) is 1.86. The molecule has 0 radical (unpaired) electrons. The summed E-state index contributed by atoms with van der Waals surface area (Å²) >= 11 is 0. The van der Waals surface area contributed by atoms with Crippen molar-refractivity contribution in [3.05, 3.63) is 59.9 Å². The summed E-state index contributed by atoms with van der Waals surface area (Å²) in [5.74, 6) is -4.09. The lowest BCUT2D eigenvalue weighted by molar-refractivity contribution is -0.135. The van der Waals surface area contributed by atoms with Crippen LogP contribution in [0.3, 0.4) is 0 Å². The highest BCUT2D eigenvalue weighted by Gasteiger charge is 2.48. The van der Waals surface area contributed by atoms with Crippen LogP contribution in [-0.4, -0.2) is 21.7 Å². The molecule has 1 N–H and O–H groups in total. The number of benzene rings is 2. The number of nitrogens with zero attached hydrogens (tertiary/aromatic N) is 2. The fourth-order valence-corrected chi connectivity index (χ4v) is 3.59. The number of carbonyl (C=O) groups is 2. The van der Waals surface area contributed by atoms with Crippen LogP contribution in [0.1, 0.15) is 24.9 Å². The smallest absolute Gasteiger partial charge is 0.295 e. The number of Topliss-reactive ketones (excluding diaryl/α,β-unsaturated/α-hetero) is 1. The first-order valence-electron chi connectivity index (χ1n) is 8.27. The van der Waals surface area contributed by atoms with Gasteiger partial charge in [-0.2, -0.15) is 0 Å². The zero-order valence-corrected chi connectivity index (χ0v) is 13.9. The van der Waals surface area contributed by atoms with Gasteiger partial charge in [0.2, 0.25) is 5.78 Å². The third kappa shape index (κ3) is 2.31. The normalized spacial score (nSPS) is 20.3. The number of ketones is 1. The fourth-order valence-electron chi connectivity index (χ4n) is 3.59. The van der Waals surface area contributed by atoms with Crippen molar-refractivity contribution >= 4 is 28.4 Å². The van der Waals surface area contributed by atoms with Crippen molar-refractivity contribution in [2.24, 2.45) is 5.92 Å². The Morgan fingerprint density at radius 1 is 1.19 bits per heavy atom. The molecule has 7 heteroatoms. The zero-order chi connectivity index (χ0) is 18.4. The van der Waals surface area contributed by atoms with Gasteiger partial charge in [-0.1, -0.05) is 19.1 Å². The molecule has 0 saturated carbocycles. The van der Waals surface area contributed by atoms with E-state index in [1.165, 1.54) is 23.4 Å². The van der Waals surface area contributed by atoms with Gasteiger partial charge in [0.05, 0.1) is 29.3 Å². The van der Waals surface area contributed by atoms with Crippen molar-refractivity contribution in [1.29, 1.82) is 0 Å². The minimum atomic E-state index is -1.04. The van der Waals surface area contributed by atoms with Gasteiger partial charge in [0.25, 0.3) is 5.91 Å². The molecule has 1 aliphatic rings. The van der Waals surface area contributed by atoms with Crippen molar-refractivity contribution in [3.8, 4) is 0 Å². The molecule has 3 aromatic rings. The Bertz CT molecular complexity index is 1030. The Morgan fingerprint density at radius 3 is 2.77 bits per heavy atom. The number of amides is 1. The molecule has 1 amide bonds. The number of hydrogen-bond donors (Lipinski definition) is 1. The number of halogens is 2. The predicted molar refractivity (Wildman–Crippen MR) is 91.5 cm³/mol. The second kappa shape index (κ2) is 6.01. The number of aromatic nitrogens is 2. The number of aromatic amines is 1. The van der Waals surface area contributed by atoms with Crippen molar-refractivity contribution in [3.63, 3.8) is 0 Å². The maximum atomic E-state index is 14.5. The summed E-state index contributed by atoms with van der Waals surface area (Å²) in [7, 11) is 0. The van der Waals surface area contributed by atoms with E-state index in [9.17, 15) is 18.4 Å². The van der Waals surface area contributed by atoms with Gasteiger partial charge in [-0.15, -0.1) is 0 Å². The first kappa shape index (κ1) is 16.4. The van der Waals surface area contributed by atoms with E-state index in [4.69, 9.17) is 0 Å². The van der Waals surface area contributed by atoms with Crippen LogP contribution in [0.4, 0.5) is 14.5 Å². The van der Waals surface area contributed by atoms with Crippen molar-refractivity contribution in [2.75, 3.05) is 4.90 Å². The summed E-state index contributed by atoms with van der Waals surface area (Å²) in [4.78, 5) is 33.5. The van der Waals surface area contributed by atoms with E-state index in [1.807, 2.05) is 0 Å². The van der Waals surface area contributed by atoms with Gasteiger partial charge in [0, 0.05) is 11.3 Å². The summed E-state index contributed by atoms with van der Waals surface area (Å²) < 4.78 is 28.2. The molecule has 2 heterocycles. The highest BCUT2D eigenvalue weighted by molar-refractivity contribution is 6.45. The largest absolute Gasteiger partial charge is 0.345 e. The van der Waals surface area contributed by atoms with Crippen LogP contribution in [0, 0.1) is 17.6 Å². The van der Waals surface area contributed by atoms with Crippen molar-refractivity contribution in [2.45, 2.75) is 19.4 Å². The molecule has 1 saturated heterocycles. The Labute approximate surface area is 147 Å². The molecule has 1 aliphatic heterocycles. The number of fused-ring (bicyclic) bond motifs is 1. The van der Waals surface area contributed by atoms with Gasteiger partial charge in [-0.3, -0.25) is 14.5 Å². The highest BCUT2D eigenvalue weighted by atomic mass is 19.2. The van der Waals surface area contributed by atoms with Crippen LogP contribution in [0.2, 0.25) is 0 Å². The molecule has 0 spiro atoms. The maximum Gasteiger partial charge on any atom is 0.295 e. The number of imidazole rings is 1. The number of rotatable bonds is 3. The predicted octanol–water partition coefficient (Wildman–Crippen LogP) is 3.52. The van der Waals surface area contributed by atoms with Gasteiger partial charge in [-0.25, -0.2) is 13.8 Å². The van der Waals surface area contributed by atoms with E-state index < -0.39 is 35.3 Å². The quantitative estimate of drug-likeness (QED) is 0.731. The number of nitrogens with one attached hydrogen (secondary N) is 1. The van der Waals surface area contributed by atoms with E-state index in [-0.39, 0.29) is 5.56 Å². The lowest BCUT2D eigenvalue weighted by Gasteiger charge is -2.27. The van der Waals surface area contributed by atoms with Crippen molar-refractivity contribution in [1.82, 2.24) is 9.97 Å². The van der Waals surface area contributed by atoms with Crippen LogP contribution in [0.5, 0.6) is 0 Å². The van der Waals surface area contributed by atoms with E-state index in [0.29, 0.717) is 23.1 Å². The van der Waals surface area contributed by atoms with Crippen LogP contribution >= 0.6 is 0 Å². The molecule has 1 aromatic heterocycles. The van der Waals surface area contributed by atoms with Crippen LogP contribution in [0.25, 0.3) is 11.0 Å². The Hall–Kier alpha value is -3.09. The second-order valence-electron chi connectivity index (χ2n) is 6.25. The molecular weight excluding hydrogens is 340 g/mol. The molecule has 0 bridgehead atoms. The third-order valence-electron chi connectivity index (χ3n) is 4.85. The number of carbonyl (C=O) groups excluding carboxylic acids is 2. The molecule has 26 heavy (non-hydrogen) atoms. The minimum absolute atomic E-state index is 0.000702. The Kier molecular flexibility index (Phi) is 3.79.